The third-order valence-corrected chi connectivity index (χ3v) is 1.16. The summed E-state index contributed by atoms with van der Waals surface area (Å²) in [4.78, 5) is 11.7. The highest BCUT2D eigenvalue weighted by molar-refractivity contribution is 5.56. The largest absolute Gasteiger partial charge is 0.507 e. The summed E-state index contributed by atoms with van der Waals surface area (Å²) in [5, 5.41) is 8.22. The second-order valence-electron chi connectivity index (χ2n) is 2.21. The SMILES string of the molecule is CCC(OC(=O)O)N(C)C. The number of rotatable bonds is 3. The van der Waals surface area contributed by atoms with E-state index < -0.39 is 6.16 Å². The van der Waals surface area contributed by atoms with Crippen molar-refractivity contribution in [2.45, 2.75) is 19.6 Å². The first-order valence-electron chi connectivity index (χ1n) is 3.14. The highest BCUT2D eigenvalue weighted by Crippen LogP contribution is 2.00. The maximum atomic E-state index is 10.0. The summed E-state index contributed by atoms with van der Waals surface area (Å²) in [6.45, 7) is 1.87. The molecular weight excluding hydrogens is 134 g/mol. The molecule has 0 radical (unpaired) electrons. The van der Waals surface area contributed by atoms with Gasteiger partial charge in [0.15, 0.2) is 6.23 Å². The van der Waals surface area contributed by atoms with Crippen molar-refractivity contribution in [1.29, 1.82) is 0 Å². The van der Waals surface area contributed by atoms with E-state index in [0.29, 0.717) is 6.42 Å². The molecule has 0 aliphatic carbocycles. The Morgan fingerprint density at radius 1 is 1.70 bits per heavy atom. The minimum atomic E-state index is -1.22. The Hall–Kier alpha value is -0.770. The summed E-state index contributed by atoms with van der Waals surface area (Å²) in [5.41, 5.74) is 0. The number of carboxylic acid groups (broad SMARTS) is 1. The Morgan fingerprint density at radius 2 is 2.20 bits per heavy atom. The molecule has 0 rings (SSSR count). The molecule has 0 aromatic carbocycles. The minimum absolute atomic E-state index is 0.322. The number of ether oxygens (including phenoxy) is 1. The first kappa shape index (κ1) is 9.23. The average molecular weight is 147 g/mol. The third-order valence-electron chi connectivity index (χ3n) is 1.16. The Kier molecular flexibility index (Phi) is 3.79. The number of hydrogen-bond donors (Lipinski definition) is 1. The molecule has 0 saturated heterocycles. The van der Waals surface area contributed by atoms with Crippen molar-refractivity contribution in [2.75, 3.05) is 14.1 Å². The van der Waals surface area contributed by atoms with Crippen LogP contribution in [-0.2, 0) is 4.74 Å². The Morgan fingerprint density at radius 3 is 2.30 bits per heavy atom. The monoisotopic (exact) mass is 147 g/mol. The molecule has 60 valence electrons. The molecule has 0 aliphatic heterocycles. The highest BCUT2D eigenvalue weighted by Gasteiger charge is 2.12. The summed E-state index contributed by atoms with van der Waals surface area (Å²) in [7, 11) is 3.55. The van der Waals surface area contributed by atoms with Gasteiger partial charge >= 0.3 is 6.16 Å². The molecule has 0 heterocycles. The summed E-state index contributed by atoms with van der Waals surface area (Å²) in [5.74, 6) is 0. The first-order valence-corrected chi connectivity index (χ1v) is 3.14. The predicted octanol–water partition coefficient (Wildman–Crippen LogP) is 0.979. The minimum Gasteiger partial charge on any atom is -0.450 e. The van der Waals surface area contributed by atoms with Crippen molar-refractivity contribution in [3.8, 4) is 0 Å². The van der Waals surface area contributed by atoms with Crippen LogP contribution in [0.2, 0.25) is 0 Å². The number of nitrogens with zero attached hydrogens (tertiary/aromatic N) is 1. The van der Waals surface area contributed by atoms with E-state index in [-0.39, 0.29) is 6.23 Å². The van der Waals surface area contributed by atoms with E-state index >= 15 is 0 Å². The van der Waals surface area contributed by atoms with E-state index in [9.17, 15) is 4.79 Å². The van der Waals surface area contributed by atoms with Crippen LogP contribution in [0, 0.1) is 0 Å². The van der Waals surface area contributed by atoms with Gasteiger partial charge in [0.2, 0.25) is 0 Å². The number of hydrogen-bond acceptors (Lipinski definition) is 3. The molecular formula is C6H13NO3. The predicted molar refractivity (Wildman–Crippen MR) is 36.9 cm³/mol. The topological polar surface area (TPSA) is 49.8 Å². The van der Waals surface area contributed by atoms with E-state index in [0.717, 1.165) is 0 Å². The lowest BCUT2D eigenvalue weighted by Gasteiger charge is -2.20. The van der Waals surface area contributed by atoms with Crippen molar-refractivity contribution < 1.29 is 14.6 Å². The fourth-order valence-electron chi connectivity index (χ4n) is 0.670. The van der Waals surface area contributed by atoms with Gasteiger partial charge in [-0.1, -0.05) is 6.92 Å². The Bertz CT molecular complexity index is 114. The van der Waals surface area contributed by atoms with Crippen LogP contribution < -0.4 is 0 Å². The van der Waals surface area contributed by atoms with Crippen molar-refractivity contribution in [1.82, 2.24) is 4.90 Å². The lowest BCUT2D eigenvalue weighted by atomic mass is 10.4. The van der Waals surface area contributed by atoms with Crippen LogP contribution in [0.5, 0.6) is 0 Å². The molecule has 1 atom stereocenters. The summed E-state index contributed by atoms with van der Waals surface area (Å²) in [6.07, 6.45) is -0.878. The van der Waals surface area contributed by atoms with Crippen LogP contribution in [0.15, 0.2) is 0 Å². The van der Waals surface area contributed by atoms with Gasteiger partial charge in [-0.2, -0.15) is 0 Å². The molecule has 10 heavy (non-hydrogen) atoms. The fourth-order valence-corrected chi connectivity index (χ4v) is 0.670. The summed E-state index contributed by atoms with van der Waals surface area (Å²) in [6, 6.07) is 0. The molecule has 1 N–H and O–H groups in total. The normalized spacial score (nSPS) is 13.2. The summed E-state index contributed by atoms with van der Waals surface area (Å²) < 4.78 is 4.50. The van der Waals surface area contributed by atoms with Crippen LogP contribution in [0.4, 0.5) is 4.79 Å². The van der Waals surface area contributed by atoms with Crippen LogP contribution in [0.25, 0.3) is 0 Å². The van der Waals surface area contributed by atoms with Gasteiger partial charge in [-0.05, 0) is 20.5 Å². The van der Waals surface area contributed by atoms with Crippen LogP contribution in [0.1, 0.15) is 13.3 Å². The van der Waals surface area contributed by atoms with Gasteiger partial charge in [-0.15, -0.1) is 0 Å². The Labute approximate surface area is 60.4 Å². The molecule has 1 unspecified atom stereocenters. The van der Waals surface area contributed by atoms with Crippen molar-refractivity contribution >= 4 is 6.16 Å². The molecule has 0 fully saturated rings. The van der Waals surface area contributed by atoms with Gasteiger partial charge in [-0.25, -0.2) is 4.79 Å². The van der Waals surface area contributed by atoms with E-state index in [1.54, 1.807) is 19.0 Å². The molecule has 4 nitrogen and oxygen atoms in total. The van der Waals surface area contributed by atoms with E-state index in [1.807, 2.05) is 6.92 Å². The van der Waals surface area contributed by atoms with E-state index in [1.165, 1.54) is 0 Å². The van der Waals surface area contributed by atoms with Gasteiger partial charge in [0.05, 0.1) is 0 Å². The van der Waals surface area contributed by atoms with Crippen molar-refractivity contribution in [3.63, 3.8) is 0 Å². The van der Waals surface area contributed by atoms with Gasteiger partial charge in [-0.3, -0.25) is 4.90 Å². The molecule has 0 amide bonds. The van der Waals surface area contributed by atoms with Crippen LogP contribution >= 0.6 is 0 Å². The molecule has 0 aliphatic rings. The first-order chi connectivity index (χ1) is 4.57. The van der Waals surface area contributed by atoms with Crippen LogP contribution in [0.3, 0.4) is 0 Å². The second-order valence-corrected chi connectivity index (χ2v) is 2.21. The maximum absolute atomic E-state index is 10.0. The smallest absolute Gasteiger partial charge is 0.450 e. The van der Waals surface area contributed by atoms with E-state index in [4.69, 9.17) is 5.11 Å². The fraction of sp³-hybridized carbons (Fsp3) is 0.833. The van der Waals surface area contributed by atoms with Crippen LogP contribution in [-0.4, -0.2) is 36.5 Å². The second kappa shape index (κ2) is 4.11. The maximum Gasteiger partial charge on any atom is 0.507 e. The van der Waals surface area contributed by atoms with E-state index in [2.05, 4.69) is 4.74 Å². The van der Waals surface area contributed by atoms with Crippen molar-refractivity contribution in [3.05, 3.63) is 0 Å². The molecule has 4 heteroatoms. The quantitative estimate of drug-likeness (QED) is 0.477. The Balaban J connectivity index is 3.71. The summed E-state index contributed by atoms with van der Waals surface area (Å²) >= 11 is 0. The van der Waals surface area contributed by atoms with Gasteiger partial charge in [0.25, 0.3) is 0 Å². The molecule has 0 bridgehead atoms. The van der Waals surface area contributed by atoms with Crippen molar-refractivity contribution in [2.24, 2.45) is 0 Å². The highest BCUT2D eigenvalue weighted by atomic mass is 16.7. The lowest BCUT2D eigenvalue weighted by molar-refractivity contribution is -0.0152. The molecule has 0 saturated carbocycles. The zero-order valence-electron chi connectivity index (χ0n) is 6.50. The molecule has 0 aromatic rings. The zero-order valence-corrected chi connectivity index (χ0v) is 6.50. The molecule has 0 spiro atoms. The zero-order chi connectivity index (χ0) is 8.15. The third kappa shape index (κ3) is 3.29. The standard InChI is InChI=1S/C6H13NO3/c1-4-5(7(2)3)10-6(8)9/h5H,4H2,1-3H3,(H,8,9). The lowest BCUT2D eigenvalue weighted by Crippen LogP contribution is -2.31. The number of carbonyl (C=O) groups is 1. The average Bonchev–Trinajstić information content (AvgIpc) is 1.81. The molecule has 0 aromatic heterocycles. The van der Waals surface area contributed by atoms with Gasteiger partial charge in [0.1, 0.15) is 0 Å². The van der Waals surface area contributed by atoms with Gasteiger partial charge < -0.3 is 9.84 Å². The van der Waals surface area contributed by atoms with Gasteiger partial charge in [0, 0.05) is 0 Å².